The van der Waals surface area contributed by atoms with E-state index in [1.165, 1.54) is 49.4 Å². The maximum atomic E-state index is 13.1. The van der Waals surface area contributed by atoms with Gasteiger partial charge < -0.3 is 10.6 Å². The minimum atomic E-state index is -0.212. The number of anilines is 1. The zero-order valence-corrected chi connectivity index (χ0v) is 20.4. The minimum Gasteiger partial charge on any atom is -0.355 e. The maximum Gasteiger partial charge on any atom is 0.257 e. The molecule has 2 amide bonds. The van der Waals surface area contributed by atoms with Crippen LogP contribution < -0.4 is 10.6 Å². The molecule has 0 atom stereocenters. The summed E-state index contributed by atoms with van der Waals surface area (Å²) in [6.07, 6.45) is 7.93. The van der Waals surface area contributed by atoms with E-state index >= 15 is 0 Å². The van der Waals surface area contributed by atoms with Gasteiger partial charge in [-0.3, -0.25) is 9.59 Å². The van der Waals surface area contributed by atoms with Crippen molar-refractivity contribution in [2.24, 2.45) is 5.92 Å². The molecule has 178 valence electrons. The van der Waals surface area contributed by atoms with E-state index in [0.29, 0.717) is 29.6 Å². The molecule has 1 aromatic heterocycles. The summed E-state index contributed by atoms with van der Waals surface area (Å²) >= 11 is 1.40. The molecule has 2 N–H and O–H groups in total. The van der Waals surface area contributed by atoms with E-state index in [1.807, 2.05) is 18.2 Å². The third-order valence-electron chi connectivity index (χ3n) is 6.21. The van der Waals surface area contributed by atoms with Gasteiger partial charge in [0.25, 0.3) is 5.91 Å². The molecule has 1 fully saturated rings. The number of hydrogen-bond donors (Lipinski definition) is 2. The number of benzene rings is 2. The standard InChI is InChI=1S/C27H32N4O2S/c1-20-11-13-22(14-12-20)18-31-25(15-16-29-31)30-27(33)23-9-5-6-10-24(23)34-19-26(32)28-17-21-7-3-2-4-8-21/h5-6,9-16,21H,2-4,7-8,17-19H2,1H3,(H,28,32)(H,30,33). The van der Waals surface area contributed by atoms with Crippen molar-refractivity contribution in [3.8, 4) is 0 Å². The number of thioether (sulfide) groups is 1. The molecule has 0 bridgehead atoms. The second-order valence-corrected chi connectivity index (χ2v) is 9.92. The van der Waals surface area contributed by atoms with Crippen molar-refractivity contribution in [3.05, 3.63) is 77.5 Å². The van der Waals surface area contributed by atoms with Gasteiger partial charge in [-0.25, -0.2) is 4.68 Å². The molecule has 1 aliphatic carbocycles. The molecule has 1 heterocycles. The van der Waals surface area contributed by atoms with Gasteiger partial charge in [0.2, 0.25) is 5.91 Å². The third kappa shape index (κ3) is 6.73. The smallest absolute Gasteiger partial charge is 0.257 e. The average Bonchev–Trinajstić information content (AvgIpc) is 3.30. The predicted molar refractivity (Wildman–Crippen MR) is 137 cm³/mol. The van der Waals surface area contributed by atoms with Crippen LogP contribution >= 0.6 is 11.8 Å². The summed E-state index contributed by atoms with van der Waals surface area (Å²) in [5, 5.41) is 10.4. The highest BCUT2D eigenvalue weighted by molar-refractivity contribution is 8.00. The molecule has 0 radical (unpaired) electrons. The van der Waals surface area contributed by atoms with Crippen molar-refractivity contribution in [3.63, 3.8) is 0 Å². The van der Waals surface area contributed by atoms with Gasteiger partial charge >= 0.3 is 0 Å². The number of nitrogens with one attached hydrogen (secondary N) is 2. The van der Waals surface area contributed by atoms with Crippen molar-refractivity contribution in [2.75, 3.05) is 17.6 Å². The van der Waals surface area contributed by atoms with E-state index in [2.05, 4.69) is 46.9 Å². The first kappa shape index (κ1) is 24.1. The Hall–Kier alpha value is -3.06. The molecular formula is C27H32N4O2S. The van der Waals surface area contributed by atoms with E-state index in [-0.39, 0.29) is 11.8 Å². The Bertz CT molecular complexity index is 1100. The van der Waals surface area contributed by atoms with Gasteiger partial charge in [-0.2, -0.15) is 5.10 Å². The van der Waals surface area contributed by atoms with E-state index < -0.39 is 0 Å². The van der Waals surface area contributed by atoms with Crippen molar-refractivity contribution in [1.82, 2.24) is 15.1 Å². The summed E-state index contributed by atoms with van der Waals surface area (Å²) in [5.41, 5.74) is 2.87. The molecule has 0 unspecified atom stereocenters. The topological polar surface area (TPSA) is 76.0 Å². The van der Waals surface area contributed by atoms with Gasteiger partial charge in [0.1, 0.15) is 5.82 Å². The van der Waals surface area contributed by atoms with Crippen LogP contribution in [0, 0.1) is 12.8 Å². The number of carbonyl (C=O) groups excluding carboxylic acids is 2. The zero-order chi connectivity index (χ0) is 23.8. The Morgan fingerprint density at radius 2 is 1.79 bits per heavy atom. The highest BCUT2D eigenvalue weighted by Gasteiger charge is 2.17. The number of nitrogens with zero attached hydrogens (tertiary/aromatic N) is 2. The predicted octanol–water partition coefficient (Wildman–Crippen LogP) is 5.28. The molecule has 2 aromatic carbocycles. The summed E-state index contributed by atoms with van der Waals surface area (Å²) in [5.74, 6) is 1.34. The second kappa shape index (κ2) is 11.9. The van der Waals surface area contributed by atoms with Crippen molar-refractivity contribution >= 4 is 29.4 Å². The van der Waals surface area contributed by atoms with E-state index in [4.69, 9.17) is 0 Å². The molecule has 7 heteroatoms. The van der Waals surface area contributed by atoms with Gasteiger partial charge in [-0.1, -0.05) is 61.2 Å². The van der Waals surface area contributed by atoms with Crippen LogP contribution in [0.4, 0.5) is 5.82 Å². The largest absolute Gasteiger partial charge is 0.355 e. The highest BCUT2D eigenvalue weighted by atomic mass is 32.2. The van der Waals surface area contributed by atoms with Crippen LogP contribution in [0.3, 0.4) is 0 Å². The first-order chi connectivity index (χ1) is 16.6. The number of aryl methyl sites for hydroxylation is 1. The fourth-order valence-corrected chi connectivity index (χ4v) is 5.12. The Morgan fingerprint density at radius 1 is 1.03 bits per heavy atom. The van der Waals surface area contributed by atoms with Gasteiger partial charge in [0.15, 0.2) is 0 Å². The fraction of sp³-hybridized carbons (Fsp3) is 0.370. The number of carbonyl (C=O) groups is 2. The van der Waals surface area contributed by atoms with Crippen LogP contribution in [-0.4, -0.2) is 33.9 Å². The summed E-state index contributed by atoms with van der Waals surface area (Å²) in [6, 6.07) is 17.5. The molecule has 34 heavy (non-hydrogen) atoms. The molecule has 1 saturated carbocycles. The third-order valence-corrected chi connectivity index (χ3v) is 7.29. The number of rotatable bonds is 9. The van der Waals surface area contributed by atoms with E-state index in [9.17, 15) is 9.59 Å². The molecule has 0 spiro atoms. The molecule has 4 rings (SSSR count). The van der Waals surface area contributed by atoms with Gasteiger partial charge in [0, 0.05) is 17.5 Å². The van der Waals surface area contributed by atoms with Crippen LogP contribution in [-0.2, 0) is 11.3 Å². The molecule has 3 aromatic rings. The van der Waals surface area contributed by atoms with Crippen molar-refractivity contribution in [1.29, 1.82) is 0 Å². The maximum absolute atomic E-state index is 13.1. The lowest BCUT2D eigenvalue weighted by Gasteiger charge is -2.21. The number of aromatic nitrogens is 2. The minimum absolute atomic E-state index is 0.0157. The Labute approximate surface area is 205 Å². The van der Waals surface area contributed by atoms with Crippen LogP contribution in [0.25, 0.3) is 0 Å². The van der Waals surface area contributed by atoms with Crippen LogP contribution in [0.5, 0.6) is 0 Å². The lowest BCUT2D eigenvalue weighted by Crippen LogP contribution is -2.31. The highest BCUT2D eigenvalue weighted by Crippen LogP contribution is 2.25. The summed E-state index contributed by atoms with van der Waals surface area (Å²) < 4.78 is 1.77. The normalized spacial score (nSPS) is 14.0. The Balaban J connectivity index is 1.34. The monoisotopic (exact) mass is 476 g/mol. The van der Waals surface area contributed by atoms with Gasteiger partial charge in [0.05, 0.1) is 24.1 Å². The van der Waals surface area contributed by atoms with Crippen LogP contribution in [0.1, 0.15) is 53.6 Å². The molecule has 0 aliphatic heterocycles. The van der Waals surface area contributed by atoms with E-state index in [1.54, 1.807) is 23.0 Å². The molecule has 6 nitrogen and oxygen atoms in total. The summed E-state index contributed by atoms with van der Waals surface area (Å²) in [7, 11) is 0. The lowest BCUT2D eigenvalue weighted by atomic mass is 9.89. The van der Waals surface area contributed by atoms with Crippen molar-refractivity contribution in [2.45, 2.75) is 50.5 Å². The number of amides is 2. The SMILES string of the molecule is Cc1ccc(Cn2nccc2NC(=O)c2ccccc2SCC(=O)NCC2CCCCC2)cc1. The van der Waals surface area contributed by atoms with E-state index in [0.717, 1.165) is 17.0 Å². The first-order valence-electron chi connectivity index (χ1n) is 12.0. The zero-order valence-electron chi connectivity index (χ0n) is 19.6. The molecule has 1 aliphatic rings. The summed E-state index contributed by atoms with van der Waals surface area (Å²) in [4.78, 5) is 26.3. The first-order valence-corrected chi connectivity index (χ1v) is 12.9. The average molecular weight is 477 g/mol. The number of hydrogen-bond acceptors (Lipinski definition) is 4. The van der Waals surface area contributed by atoms with Gasteiger partial charge in [-0.15, -0.1) is 11.8 Å². The van der Waals surface area contributed by atoms with Crippen molar-refractivity contribution < 1.29 is 9.59 Å². The van der Waals surface area contributed by atoms with Gasteiger partial charge in [-0.05, 0) is 43.4 Å². The molecular weight excluding hydrogens is 444 g/mol. The Kier molecular flexibility index (Phi) is 8.41. The lowest BCUT2D eigenvalue weighted by molar-refractivity contribution is -0.118. The summed E-state index contributed by atoms with van der Waals surface area (Å²) in [6.45, 7) is 3.38. The molecule has 0 saturated heterocycles. The quantitative estimate of drug-likeness (QED) is 0.412. The Morgan fingerprint density at radius 3 is 2.59 bits per heavy atom. The fourth-order valence-electron chi connectivity index (χ4n) is 4.24. The van der Waals surface area contributed by atoms with Crippen LogP contribution in [0.2, 0.25) is 0 Å². The second-order valence-electron chi connectivity index (χ2n) is 8.91. The van der Waals surface area contributed by atoms with Crippen LogP contribution in [0.15, 0.2) is 65.7 Å².